The summed E-state index contributed by atoms with van der Waals surface area (Å²) in [6, 6.07) is 6.91. The second-order valence-corrected chi connectivity index (χ2v) is 6.19. The Morgan fingerprint density at radius 2 is 1.75 bits per heavy atom. The van der Waals surface area contributed by atoms with Gasteiger partial charge in [0.25, 0.3) is 0 Å². The van der Waals surface area contributed by atoms with Gasteiger partial charge in [0.1, 0.15) is 11.4 Å². The highest BCUT2D eigenvalue weighted by molar-refractivity contribution is 6.04. The van der Waals surface area contributed by atoms with E-state index in [0.29, 0.717) is 18.7 Å². The van der Waals surface area contributed by atoms with Crippen molar-refractivity contribution in [2.75, 3.05) is 6.61 Å². The Kier molecular flexibility index (Phi) is 7.23. The first-order valence-corrected chi connectivity index (χ1v) is 7.79. The maximum Gasteiger partial charge on any atom is 0.412 e. The minimum atomic E-state index is -0.641. The molecule has 0 spiro atoms. The molecule has 0 aliphatic carbocycles. The summed E-state index contributed by atoms with van der Waals surface area (Å²) < 4.78 is 10.0. The largest absolute Gasteiger partial charge is 0.449 e. The fourth-order valence-electron chi connectivity index (χ4n) is 1.68. The number of rotatable bonds is 5. The third kappa shape index (κ3) is 7.62. The van der Waals surface area contributed by atoms with E-state index in [-0.39, 0.29) is 5.84 Å². The fourth-order valence-corrected chi connectivity index (χ4v) is 1.68. The molecule has 0 radical (unpaired) electrons. The Labute approximate surface area is 142 Å². The molecule has 0 saturated carbocycles. The lowest BCUT2D eigenvalue weighted by Crippen LogP contribution is -2.32. The number of carbonyl (C=O) groups is 2. The lowest BCUT2D eigenvalue weighted by molar-refractivity contribution is 0.0523. The summed E-state index contributed by atoms with van der Waals surface area (Å²) in [4.78, 5) is 23.0. The molecular formula is C17H25N3O4. The van der Waals surface area contributed by atoms with Crippen molar-refractivity contribution >= 4 is 18.0 Å². The first-order chi connectivity index (χ1) is 11.2. The highest BCUT2D eigenvalue weighted by Gasteiger charge is 2.15. The predicted octanol–water partition coefficient (Wildman–Crippen LogP) is 3.17. The standard InChI is InChI=1S/C17H25N3O4/c1-5-10-23-16(22)20-14(18)13-8-6-12(7-9-13)11-19-15(21)24-17(2,3)4/h6-9H,5,10-11H2,1-4H3,(H,19,21)(H2,18,20,22). The van der Waals surface area contributed by atoms with Crippen molar-refractivity contribution in [3.8, 4) is 0 Å². The number of amides is 2. The van der Waals surface area contributed by atoms with Gasteiger partial charge in [-0.2, -0.15) is 0 Å². The monoisotopic (exact) mass is 335 g/mol. The van der Waals surface area contributed by atoms with Crippen LogP contribution in [0.4, 0.5) is 9.59 Å². The van der Waals surface area contributed by atoms with Gasteiger partial charge in [-0.1, -0.05) is 31.2 Å². The molecule has 7 nitrogen and oxygen atoms in total. The van der Waals surface area contributed by atoms with Gasteiger partial charge in [0, 0.05) is 12.1 Å². The molecule has 0 heterocycles. The molecule has 1 aromatic carbocycles. The van der Waals surface area contributed by atoms with Crippen molar-refractivity contribution in [2.24, 2.45) is 0 Å². The number of benzene rings is 1. The number of hydrogen-bond acceptors (Lipinski definition) is 5. The molecule has 1 rings (SSSR count). The molecule has 2 amide bonds. The lowest BCUT2D eigenvalue weighted by Gasteiger charge is -2.19. The lowest BCUT2D eigenvalue weighted by atomic mass is 10.1. The van der Waals surface area contributed by atoms with Gasteiger partial charge in [0.15, 0.2) is 0 Å². The Hall–Kier alpha value is -2.57. The first-order valence-electron chi connectivity index (χ1n) is 7.79. The zero-order valence-electron chi connectivity index (χ0n) is 14.6. The van der Waals surface area contributed by atoms with E-state index >= 15 is 0 Å². The second-order valence-electron chi connectivity index (χ2n) is 6.19. The average molecular weight is 335 g/mol. The number of amidine groups is 1. The van der Waals surface area contributed by atoms with Crippen LogP contribution in [0.15, 0.2) is 24.3 Å². The van der Waals surface area contributed by atoms with Crippen LogP contribution in [0.3, 0.4) is 0 Å². The van der Waals surface area contributed by atoms with E-state index < -0.39 is 17.8 Å². The molecule has 7 heteroatoms. The predicted molar refractivity (Wildman–Crippen MR) is 91.1 cm³/mol. The van der Waals surface area contributed by atoms with Crippen LogP contribution in [0.5, 0.6) is 0 Å². The summed E-state index contributed by atoms with van der Waals surface area (Å²) in [5.41, 5.74) is 0.858. The SMILES string of the molecule is CCCOC(=O)NC(=N)c1ccc(CNC(=O)OC(C)(C)C)cc1. The molecule has 0 aliphatic heterocycles. The van der Waals surface area contributed by atoms with Crippen LogP contribution >= 0.6 is 0 Å². The van der Waals surface area contributed by atoms with Crippen LogP contribution in [0.25, 0.3) is 0 Å². The molecule has 3 N–H and O–H groups in total. The number of hydrogen-bond donors (Lipinski definition) is 3. The minimum Gasteiger partial charge on any atom is -0.449 e. The van der Waals surface area contributed by atoms with E-state index in [1.54, 1.807) is 45.0 Å². The second kappa shape index (κ2) is 8.90. The smallest absolute Gasteiger partial charge is 0.412 e. The van der Waals surface area contributed by atoms with Crippen LogP contribution in [0.2, 0.25) is 0 Å². The van der Waals surface area contributed by atoms with Gasteiger partial charge in [-0.05, 0) is 32.8 Å². The third-order valence-corrected chi connectivity index (χ3v) is 2.74. The summed E-state index contributed by atoms with van der Waals surface area (Å²) >= 11 is 0. The molecule has 0 saturated heterocycles. The van der Waals surface area contributed by atoms with Crippen LogP contribution in [-0.2, 0) is 16.0 Å². The zero-order chi connectivity index (χ0) is 18.2. The molecule has 0 atom stereocenters. The fraction of sp³-hybridized carbons (Fsp3) is 0.471. The molecule has 0 bridgehead atoms. The third-order valence-electron chi connectivity index (χ3n) is 2.74. The van der Waals surface area contributed by atoms with E-state index in [1.807, 2.05) is 6.92 Å². The van der Waals surface area contributed by atoms with Crippen molar-refractivity contribution in [1.82, 2.24) is 10.6 Å². The van der Waals surface area contributed by atoms with Gasteiger partial charge in [-0.3, -0.25) is 10.7 Å². The summed E-state index contributed by atoms with van der Waals surface area (Å²) in [6.07, 6.45) is -0.405. The van der Waals surface area contributed by atoms with Gasteiger partial charge in [0.2, 0.25) is 0 Å². The van der Waals surface area contributed by atoms with Crippen LogP contribution < -0.4 is 10.6 Å². The summed E-state index contributed by atoms with van der Waals surface area (Å²) in [5, 5.41) is 12.8. The minimum absolute atomic E-state index is 0.0391. The molecule has 24 heavy (non-hydrogen) atoms. The van der Waals surface area contributed by atoms with Gasteiger partial charge in [0.05, 0.1) is 6.61 Å². The molecule has 132 valence electrons. The maximum atomic E-state index is 11.6. The maximum absolute atomic E-state index is 11.6. The molecular weight excluding hydrogens is 310 g/mol. The zero-order valence-corrected chi connectivity index (χ0v) is 14.6. The highest BCUT2D eigenvalue weighted by Crippen LogP contribution is 2.08. The van der Waals surface area contributed by atoms with Gasteiger partial charge >= 0.3 is 12.2 Å². The number of carbonyl (C=O) groups excluding carboxylic acids is 2. The number of ether oxygens (including phenoxy) is 2. The topological polar surface area (TPSA) is 101 Å². The average Bonchev–Trinajstić information content (AvgIpc) is 2.49. The summed E-state index contributed by atoms with van der Waals surface area (Å²) in [6.45, 7) is 7.91. The van der Waals surface area contributed by atoms with E-state index in [0.717, 1.165) is 12.0 Å². The van der Waals surface area contributed by atoms with Crippen molar-refractivity contribution in [3.63, 3.8) is 0 Å². The molecule has 0 fully saturated rings. The quantitative estimate of drug-likeness (QED) is 0.568. The number of alkyl carbamates (subject to hydrolysis) is 2. The van der Waals surface area contributed by atoms with Crippen molar-refractivity contribution in [3.05, 3.63) is 35.4 Å². The normalized spacial score (nSPS) is 10.7. The molecule has 0 unspecified atom stereocenters. The molecule has 0 aliphatic rings. The van der Waals surface area contributed by atoms with Crippen LogP contribution in [0.1, 0.15) is 45.2 Å². The summed E-state index contributed by atoms with van der Waals surface area (Å²) in [7, 11) is 0. The molecule has 1 aromatic rings. The van der Waals surface area contributed by atoms with Crippen molar-refractivity contribution in [2.45, 2.75) is 46.3 Å². The summed E-state index contributed by atoms with van der Waals surface area (Å²) in [5.74, 6) is -0.0391. The Morgan fingerprint density at radius 1 is 1.12 bits per heavy atom. The Balaban J connectivity index is 2.49. The molecule has 0 aromatic heterocycles. The Bertz CT molecular complexity index is 576. The first kappa shape index (κ1) is 19.5. The van der Waals surface area contributed by atoms with Crippen molar-refractivity contribution < 1.29 is 19.1 Å². The van der Waals surface area contributed by atoms with E-state index in [1.165, 1.54) is 0 Å². The number of nitrogens with one attached hydrogen (secondary N) is 3. The van der Waals surface area contributed by atoms with Gasteiger partial charge in [-0.25, -0.2) is 9.59 Å². The van der Waals surface area contributed by atoms with Gasteiger partial charge in [-0.15, -0.1) is 0 Å². The van der Waals surface area contributed by atoms with Crippen LogP contribution in [0, 0.1) is 5.41 Å². The highest BCUT2D eigenvalue weighted by atomic mass is 16.6. The Morgan fingerprint density at radius 3 is 2.29 bits per heavy atom. The van der Waals surface area contributed by atoms with E-state index in [4.69, 9.17) is 14.9 Å². The van der Waals surface area contributed by atoms with E-state index in [2.05, 4.69) is 10.6 Å². The van der Waals surface area contributed by atoms with Crippen molar-refractivity contribution in [1.29, 1.82) is 5.41 Å². The van der Waals surface area contributed by atoms with Crippen LogP contribution in [-0.4, -0.2) is 30.2 Å². The van der Waals surface area contributed by atoms with Gasteiger partial charge < -0.3 is 14.8 Å². The van der Waals surface area contributed by atoms with E-state index in [9.17, 15) is 9.59 Å².